The molecule has 1 aliphatic carbocycles. The lowest BCUT2D eigenvalue weighted by atomic mass is 9.96. The van der Waals surface area contributed by atoms with E-state index in [2.05, 4.69) is 20.9 Å². The van der Waals surface area contributed by atoms with Crippen molar-refractivity contribution in [2.24, 2.45) is 0 Å². The topological polar surface area (TPSA) is 50.3 Å². The van der Waals surface area contributed by atoms with Crippen molar-refractivity contribution in [2.45, 2.75) is 6.92 Å². The summed E-state index contributed by atoms with van der Waals surface area (Å²) in [7, 11) is 3.46. The molecule has 0 saturated heterocycles. The van der Waals surface area contributed by atoms with Gasteiger partial charge >= 0.3 is 0 Å². The number of allylic oxidation sites excluding steroid dienone is 2. The Morgan fingerprint density at radius 3 is 2.41 bits per heavy atom. The van der Waals surface area contributed by atoms with Gasteiger partial charge in [-0.2, -0.15) is 0 Å². The Kier molecular flexibility index (Phi) is 2.87. The molecule has 0 fully saturated rings. The first-order valence-electron chi connectivity index (χ1n) is 5.07. The highest BCUT2D eigenvalue weighted by Gasteiger charge is 2.33. The average molecular weight is 295 g/mol. The van der Waals surface area contributed by atoms with Crippen LogP contribution < -0.4 is 0 Å². The number of nitrogens with zero attached hydrogens (tertiary/aromatic N) is 2. The number of fused-ring (bicyclic) bond motifs is 1. The first kappa shape index (κ1) is 12.0. The van der Waals surface area contributed by atoms with Gasteiger partial charge in [-0.3, -0.25) is 9.59 Å². The van der Waals surface area contributed by atoms with Crippen molar-refractivity contribution in [3.05, 3.63) is 39.3 Å². The van der Waals surface area contributed by atoms with E-state index in [0.29, 0.717) is 11.3 Å². The minimum Gasteiger partial charge on any atom is -0.373 e. The SMILES string of the molecule is Cc1ccc2c(n1)C(=O)C(Br)=C(N(C)C)C2=O. The number of carbonyl (C=O) groups excluding carboxylic acids is 2. The monoisotopic (exact) mass is 294 g/mol. The molecule has 0 amide bonds. The van der Waals surface area contributed by atoms with Crippen LogP contribution in [-0.4, -0.2) is 35.5 Å². The van der Waals surface area contributed by atoms with E-state index in [1.165, 1.54) is 0 Å². The number of rotatable bonds is 1. The molecule has 0 aromatic carbocycles. The van der Waals surface area contributed by atoms with Gasteiger partial charge in [0.15, 0.2) is 0 Å². The maximum absolute atomic E-state index is 12.2. The number of carbonyl (C=O) groups is 2. The van der Waals surface area contributed by atoms with Crippen LogP contribution in [-0.2, 0) is 0 Å². The van der Waals surface area contributed by atoms with Gasteiger partial charge in [-0.25, -0.2) is 4.98 Å². The fraction of sp³-hybridized carbons (Fsp3) is 0.250. The van der Waals surface area contributed by atoms with E-state index in [1.54, 1.807) is 38.1 Å². The standard InChI is InChI=1S/C12H11BrN2O2/c1-6-4-5-7-9(14-6)12(17)8(13)10(11(7)16)15(2)3/h4-5H,1-3H3. The molecular formula is C12H11BrN2O2. The Hall–Kier alpha value is -1.49. The maximum Gasteiger partial charge on any atom is 0.221 e. The molecule has 0 spiro atoms. The summed E-state index contributed by atoms with van der Waals surface area (Å²) >= 11 is 3.18. The Balaban J connectivity index is 2.69. The third kappa shape index (κ3) is 1.80. The number of pyridine rings is 1. The van der Waals surface area contributed by atoms with Crippen molar-refractivity contribution in [3.8, 4) is 0 Å². The molecule has 0 saturated carbocycles. The van der Waals surface area contributed by atoms with Gasteiger partial charge in [-0.05, 0) is 35.0 Å². The van der Waals surface area contributed by atoms with Gasteiger partial charge in [0.1, 0.15) is 11.4 Å². The number of Topliss-reactive ketones (excluding diaryl/α,β-unsaturated/α-hetero) is 2. The van der Waals surface area contributed by atoms with Crippen molar-refractivity contribution in [3.63, 3.8) is 0 Å². The fourth-order valence-electron chi connectivity index (χ4n) is 1.75. The van der Waals surface area contributed by atoms with Gasteiger partial charge in [0, 0.05) is 19.8 Å². The van der Waals surface area contributed by atoms with E-state index in [1.807, 2.05) is 0 Å². The Morgan fingerprint density at radius 2 is 1.82 bits per heavy atom. The molecule has 1 aromatic rings. The molecule has 0 N–H and O–H groups in total. The highest BCUT2D eigenvalue weighted by atomic mass is 79.9. The van der Waals surface area contributed by atoms with Crippen molar-refractivity contribution >= 4 is 27.5 Å². The van der Waals surface area contributed by atoms with Crippen LogP contribution in [0.15, 0.2) is 22.3 Å². The zero-order chi connectivity index (χ0) is 12.7. The van der Waals surface area contributed by atoms with E-state index < -0.39 is 0 Å². The molecule has 4 nitrogen and oxygen atoms in total. The number of halogens is 1. The minimum atomic E-state index is -0.244. The van der Waals surface area contributed by atoms with Crippen molar-refractivity contribution < 1.29 is 9.59 Å². The van der Waals surface area contributed by atoms with Crippen LogP contribution in [0.3, 0.4) is 0 Å². The van der Waals surface area contributed by atoms with Crippen LogP contribution in [0.4, 0.5) is 0 Å². The second-order valence-electron chi connectivity index (χ2n) is 4.06. The summed E-state index contributed by atoms with van der Waals surface area (Å²) in [4.78, 5) is 30.1. The molecule has 0 atom stereocenters. The lowest BCUT2D eigenvalue weighted by molar-refractivity contribution is 0.0957. The second kappa shape index (κ2) is 4.07. The van der Waals surface area contributed by atoms with Gasteiger partial charge in [0.2, 0.25) is 11.6 Å². The number of ketones is 2. The average Bonchev–Trinajstić information content (AvgIpc) is 2.25. The third-order valence-electron chi connectivity index (χ3n) is 2.56. The number of hydrogen-bond acceptors (Lipinski definition) is 4. The molecule has 0 radical (unpaired) electrons. The Bertz CT molecular complexity index is 562. The summed E-state index contributed by atoms with van der Waals surface area (Å²) in [6, 6.07) is 3.39. The Morgan fingerprint density at radius 1 is 1.18 bits per heavy atom. The van der Waals surface area contributed by atoms with Crippen LogP contribution in [0.1, 0.15) is 26.5 Å². The Labute approximate surface area is 107 Å². The number of likely N-dealkylation sites (N-methyl/N-ethyl adjacent to an activating group) is 1. The molecule has 0 bridgehead atoms. The first-order chi connectivity index (χ1) is 7.93. The first-order valence-corrected chi connectivity index (χ1v) is 5.87. The summed E-state index contributed by atoms with van der Waals surface area (Å²) in [5, 5.41) is 0. The quantitative estimate of drug-likeness (QED) is 0.794. The van der Waals surface area contributed by atoms with Gasteiger partial charge in [-0.15, -0.1) is 0 Å². The van der Waals surface area contributed by atoms with E-state index >= 15 is 0 Å². The molecule has 0 aliphatic heterocycles. The highest BCUT2D eigenvalue weighted by molar-refractivity contribution is 9.12. The van der Waals surface area contributed by atoms with Crippen LogP contribution >= 0.6 is 15.9 Å². The largest absolute Gasteiger partial charge is 0.373 e. The smallest absolute Gasteiger partial charge is 0.221 e. The van der Waals surface area contributed by atoms with Crippen LogP contribution in [0.5, 0.6) is 0 Å². The summed E-state index contributed by atoms with van der Waals surface area (Å²) in [5.41, 5.74) is 1.69. The van der Waals surface area contributed by atoms with E-state index in [0.717, 1.165) is 5.69 Å². The molecule has 1 aliphatic rings. The molecule has 0 unspecified atom stereocenters. The van der Waals surface area contributed by atoms with Gasteiger partial charge in [-0.1, -0.05) is 0 Å². The molecule has 88 valence electrons. The molecule has 1 heterocycles. The summed E-state index contributed by atoms with van der Waals surface area (Å²) < 4.78 is 0.276. The second-order valence-corrected chi connectivity index (χ2v) is 4.86. The van der Waals surface area contributed by atoms with E-state index in [-0.39, 0.29) is 21.7 Å². The summed E-state index contributed by atoms with van der Waals surface area (Å²) in [6.07, 6.45) is 0. The predicted octanol–water partition coefficient (Wildman–Crippen LogP) is 1.94. The third-order valence-corrected chi connectivity index (χ3v) is 3.30. The van der Waals surface area contributed by atoms with E-state index in [9.17, 15) is 9.59 Å². The minimum absolute atomic E-state index is 0.177. The number of aryl methyl sites for hydroxylation is 1. The van der Waals surface area contributed by atoms with Crippen molar-refractivity contribution in [2.75, 3.05) is 14.1 Å². The lowest BCUT2D eigenvalue weighted by Gasteiger charge is -2.22. The van der Waals surface area contributed by atoms with Gasteiger partial charge < -0.3 is 4.90 Å². The molecule has 1 aromatic heterocycles. The van der Waals surface area contributed by atoms with Gasteiger partial charge in [0.05, 0.1) is 10.0 Å². The van der Waals surface area contributed by atoms with Crippen LogP contribution in [0.2, 0.25) is 0 Å². The molecular weight excluding hydrogens is 284 g/mol. The van der Waals surface area contributed by atoms with E-state index in [4.69, 9.17) is 0 Å². The fourth-order valence-corrected chi connectivity index (χ4v) is 2.47. The van der Waals surface area contributed by atoms with Gasteiger partial charge in [0.25, 0.3) is 0 Å². The van der Waals surface area contributed by atoms with Crippen molar-refractivity contribution in [1.82, 2.24) is 9.88 Å². The van der Waals surface area contributed by atoms with Crippen molar-refractivity contribution in [1.29, 1.82) is 0 Å². The lowest BCUT2D eigenvalue weighted by Crippen LogP contribution is -2.29. The molecule has 5 heteroatoms. The molecule has 2 rings (SSSR count). The maximum atomic E-state index is 12.2. The number of hydrogen-bond donors (Lipinski definition) is 0. The zero-order valence-electron chi connectivity index (χ0n) is 9.74. The van der Waals surface area contributed by atoms with Crippen LogP contribution in [0, 0.1) is 6.92 Å². The predicted molar refractivity (Wildman–Crippen MR) is 67.3 cm³/mol. The normalized spacial score (nSPS) is 15.1. The van der Waals surface area contributed by atoms with Crippen LogP contribution in [0.25, 0.3) is 0 Å². The zero-order valence-corrected chi connectivity index (χ0v) is 11.3. The summed E-state index contributed by atoms with van der Waals surface area (Å²) in [6.45, 7) is 1.79. The summed E-state index contributed by atoms with van der Waals surface area (Å²) in [5.74, 6) is -0.420. The highest BCUT2D eigenvalue weighted by Crippen LogP contribution is 2.29. The molecule has 17 heavy (non-hydrogen) atoms. The number of aromatic nitrogens is 1.